The van der Waals surface area contributed by atoms with E-state index in [9.17, 15) is 22.0 Å². The number of benzene rings is 2. The van der Waals surface area contributed by atoms with E-state index in [0.29, 0.717) is 30.1 Å². The lowest BCUT2D eigenvalue weighted by atomic mass is 10.2. The van der Waals surface area contributed by atoms with Crippen molar-refractivity contribution in [2.24, 2.45) is 0 Å². The van der Waals surface area contributed by atoms with E-state index < -0.39 is 20.5 Å². The molecule has 0 unspecified atom stereocenters. The molecule has 2 aromatic heterocycles. The van der Waals surface area contributed by atoms with E-state index in [-0.39, 0.29) is 23.8 Å². The second-order valence-electron chi connectivity index (χ2n) is 7.63. The topological polar surface area (TPSA) is 114 Å². The van der Waals surface area contributed by atoms with Gasteiger partial charge in [0.15, 0.2) is 0 Å². The summed E-state index contributed by atoms with van der Waals surface area (Å²) in [6.45, 7) is 1.14. The SMILES string of the molecule is COCCOc1cccc(Cn2cc(-c3noc(-c4ccc(S(=O)(=O)C(F)F)cc4)n3)ccc2=O)c1. The highest BCUT2D eigenvalue weighted by Gasteiger charge is 2.26. The quantitative estimate of drug-likeness (QED) is 0.293. The van der Waals surface area contributed by atoms with Crippen molar-refractivity contribution < 1.29 is 31.2 Å². The molecule has 0 aliphatic heterocycles. The maximum atomic E-state index is 12.7. The minimum atomic E-state index is -4.70. The first-order valence-electron chi connectivity index (χ1n) is 10.7. The zero-order chi connectivity index (χ0) is 25.7. The summed E-state index contributed by atoms with van der Waals surface area (Å²) >= 11 is 0. The summed E-state index contributed by atoms with van der Waals surface area (Å²) < 4.78 is 66.0. The van der Waals surface area contributed by atoms with Crippen molar-refractivity contribution in [3.8, 4) is 28.6 Å². The maximum absolute atomic E-state index is 12.7. The zero-order valence-electron chi connectivity index (χ0n) is 19.0. The molecule has 0 atom stereocenters. The summed E-state index contributed by atoms with van der Waals surface area (Å²) in [6.07, 6.45) is 1.59. The monoisotopic (exact) mass is 517 g/mol. The van der Waals surface area contributed by atoms with Gasteiger partial charge in [-0.25, -0.2) is 8.42 Å². The number of hydrogen-bond acceptors (Lipinski definition) is 8. The summed E-state index contributed by atoms with van der Waals surface area (Å²) in [7, 11) is -3.11. The van der Waals surface area contributed by atoms with Crippen LogP contribution in [0.15, 0.2) is 81.1 Å². The molecule has 4 rings (SSSR count). The molecule has 188 valence electrons. The minimum absolute atomic E-state index is 0.0599. The standard InChI is InChI=1S/C24H21F2N3O6S/c1-33-11-12-34-19-4-2-3-16(13-19)14-29-15-18(7-10-21(29)30)22-27-23(35-28-22)17-5-8-20(9-6-17)36(31,32)24(25)26/h2-10,13,15,24H,11-12,14H2,1H3. The molecule has 36 heavy (non-hydrogen) atoms. The molecule has 0 amide bonds. The first-order chi connectivity index (χ1) is 17.3. The van der Waals surface area contributed by atoms with Crippen molar-refractivity contribution in [1.29, 1.82) is 0 Å². The number of alkyl halides is 2. The molecule has 12 heteroatoms. The number of hydrogen-bond donors (Lipinski definition) is 0. The third kappa shape index (κ3) is 5.66. The van der Waals surface area contributed by atoms with Crippen LogP contribution in [0.5, 0.6) is 5.75 Å². The Kier molecular flexibility index (Phi) is 7.55. The van der Waals surface area contributed by atoms with Gasteiger partial charge in [-0.15, -0.1) is 0 Å². The van der Waals surface area contributed by atoms with Crippen molar-refractivity contribution in [3.05, 3.63) is 82.8 Å². The molecule has 0 saturated heterocycles. The number of nitrogens with zero attached hydrogens (tertiary/aromatic N) is 3. The summed E-state index contributed by atoms with van der Waals surface area (Å²) in [5, 5.41) is 3.92. The van der Waals surface area contributed by atoms with Gasteiger partial charge >= 0.3 is 5.76 Å². The van der Waals surface area contributed by atoms with E-state index in [2.05, 4.69) is 10.1 Å². The average Bonchev–Trinajstić information content (AvgIpc) is 3.36. The minimum Gasteiger partial charge on any atom is -0.491 e. The van der Waals surface area contributed by atoms with Gasteiger partial charge in [0.1, 0.15) is 12.4 Å². The van der Waals surface area contributed by atoms with Crippen LogP contribution in [0.25, 0.3) is 22.8 Å². The third-order valence-electron chi connectivity index (χ3n) is 5.14. The fourth-order valence-corrected chi connectivity index (χ4v) is 4.03. The van der Waals surface area contributed by atoms with E-state index in [1.807, 2.05) is 24.3 Å². The van der Waals surface area contributed by atoms with Gasteiger partial charge in [0.25, 0.3) is 11.4 Å². The van der Waals surface area contributed by atoms with Gasteiger partial charge in [-0.05, 0) is 48.0 Å². The van der Waals surface area contributed by atoms with E-state index in [4.69, 9.17) is 14.0 Å². The Morgan fingerprint density at radius 3 is 2.50 bits per heavy atom. The molecular formula is C24H21F2N3O6S. The van der Waals surface area contributed by atoms with Crippen molar-refractivity contribution in [2.45, 2.75) is 17.2 Å². The van der Waals surface area contributed by atoms with Crippen LogP contribution >= 0.6 is 0 Å². The number of ether oxygens (including phenoxy) is 2. The van der Waals surface area contributed by atoms with Gasteiger partial charge in [0.05, 0.1) is 18.0 Å². The number of sulfone groups is 1. The van der Waals surface area contributed by atoms with Crippen LogP contribution in [-0.2, 0) is 21.1 Å². The fraction of sp³-hybridized carbons (Fsp3) is 0.208. The van der Waals surface area contributed by atoms with Crippen LogP contribution < -0.4 is 10.3 Å². The van der Waals surface area contributed by atoms with Crippen LogP contribution in [0, 0.1) is 0 Å². The Morgan fingerprint density at radius 2 is 1.78 bits per heavy atom. The van der Waals surface area contributed by atoms with Gasteiger partial charge in [0, 0.05) is 30.5 Å². The first-order valence-corrected chi connectivity index (χ1v) is 12.2. The Balaban J connectivity index is 1.54. The lowest BCUT2D eigenvalue weighted by Crippen LogP contribution is -2.19. The molecule has 0 N–H and O–H groups in total. The molecule has 0 fully saturated rings. The highest BCUT2D eigenvalue weighted by Crippen LogP contribution is 2.25. The number of methoxy groups -OCH3 is 1. The van der Waals surface area contributed by atoms with Crippen LogP contribution in [-0.4, -0.2) is 49.2 Å². The highest BCUT2D eigenvalue weighted by molar-refractivity contribution is 7.91. The number of aromatic nitrogens is 3. The van der Waals surface area contributed by atoms with Gasteiger partial charge in [0.2, 0.25) is 15.7 Å². The van der Waals surface area contributed by atoms with E-state index in [0.717, 1.165) is 17.7 Å². The third-order valence-corrected chi connectivity index (χ3v) is 6.54. The Labute approximate surface area is 204 Å². The molecule has 0 aliphatic rings. The van der Waals surface area contributed by atoms with Crippen molar-refractivity contribution in [1.82, 2.24) is 14.7 Å². The normalized spacial score (nSPS) is 11.7. The number of pyridine rings is 1. The second kappa shape index (κ2) is 10.8. The lowest BCUT2D eigenvalue weighted by Gasteiger charge is -2.10. The molecule has 2 heterocycles. The van der Waals surface area contributed by atoms with E-state index >= 15 is 0 Å². The molecule has 0 aliphatic carbocycles. The molecule has 0 spiro atoms. The predicted molar refractivity (Wildman–Crippen MR) is 126 cm³/mol. The molecule has 4 aromatic rings. The van der Waals surface area contributed by atoms with Crippen molar-refractivity contribution in [3.63, 3.8) is 0 Å². The van der Waals surface area contributed by atoms with Gasteiger partial charge in [-0.3, -0.25) is 4.79 Å². The molecular weight excluding hydrogens is 496 g/mol. The van der Waals surface area contributed by atoms with Crippen molar-refractivity contribution >= 4 is 9.84 Å². The second-order valence-corrected chi connectivity index (χ2v) is 9.54. The number of halogens is 2. The average molecular weight is 518 g/mol. The molecule has 0 saturated carbocycles. The summed E-state index contributed by atoms with van der Waals surface area (Å²) in [5.41, 5.74) is 1.47. The molecule has 0 bridgehead atoms. The van der Waals surface area contributed by atoms with Gasteiger partial charge in [-0.2, -0.15) is 13.8 Å². The van der Waals surface area contributed by atoms with Crippen LogP contribution in [0.4, 0.5) is 8.78 Å². The molecule has 0 radical (unpaired) electrons. The predicted octanol–water partition coefficient (Wildman–Crippen LogP) is 3.64. The number of rotatable bonds is 10. The van der Waals surface area contributed by atoms with Crippen LogP contribution in [0.2, 0.25) is 0 Å². The summed E-state index contributed by atoms with van der Waals surface area (Å²) in [4.78, 5) is 16.2. The Hall–Kier alpha value is -3.90. The highest BCUT2D eigenvalue weighted by atomic mass is 32.2. The Bertz CT molecular complexity index is 1500. The Morgan fingerprint density at radius 1 is 1.03 bits per heavy atom. The van der Waals surface area contributed by atoms with E-state index in [1.165, 1.54) is 22.8 Å². The molecule has 9 nitrogen and oxygen atoms in total. The summed E-state index contributed by atoms with van der Waals surface area (Å²) in [5.74, 6) is -2.60. The largest absolute Gasteiger partial charge is 0.491 e. The first kappa shape index (κ1) is 25.2. The lowest BCUT2D eigenvalue weighted by molar-refractivity contribution is 0.146. The fourth-order valence-electron chi connectivity index (χ4n) is 3.31. The zero-order valence-corrected chi connectivity index (χ0v) is 19.8. The molecule has 2 aromatic carbocycles. The smallest absolute Gasteiger partial charge is 0.341 e. The van der Waals surface area contributed by atoms with Gasteiger partial charge < -0.3 is 18.6 Å². The van der Waals surface area contributed by atoms with Gasteiger partial charge in [-0.1, -0.05) is 17.3 Å². The van der Waals surface area contributed by atoms with Crippen LogP contribution in [0.3, 0.4) is 0 Å². The van der Waals surface area contributed by atoms with Crippen LogP contribution in [0.1, 0.15) is 5.56 Å². The van der Waals surface area contributed by atoms with Crippen molar-refractivity contribution in [2.75, 3.05) is 20.3 Å². The van der Waals surface area contributed by atoms with E-state index in [1.54, 1.807) is 19.4 Å². The maximum Gasteiger partial charge on any atom is 0.341 e. The summed E-state index contributed by atoms with van der Waals surface area (Å²) in [6, 6.07) is 15.0.